The summed E-state index contributed by atoms with van der Waals surface area (Å²) >= 11 is 1.12. The summed E-state index contributed by atoms with van der Waals surface area (Å²) < 4.78 is 27.7. The Morgan fingerprint density at radius 2 is 1.71 bits per heavy atom. The Bertz CT molecular complexity index is 946. The number of carbonyl (C=O) groups excluding carboxylic acids is 2. The molecule has 0 spiro atoms. The number of nitrogens with one attached hydrogen (secondary N) is 2. The molecule has 7 nitrogen and oxygen atoms in total. The van der Waals surface area contributed by atoms with Crippen LogP contribution in [0.3, 0.4) is 0 Å². The second-order valence-corrected chi connectivity index (χ2v) is 9.81. The highest BCUT2D eigenvalue weighted by Gasteiger charge is 2.20. The number of sulfonamides is 1. The molecule has 0 saturated carbocycles. The van der Waals surface area contributed by atoms with E-state index in [4.69, 9.17) is 0 Å². The molecule has 0 radical (unpaired) electrons. The molecule has 0 bridgehead atoms. The Morgan fingerprint density at radius 1 is 1.04 bits per heavy atom. The smallest absolute Gasteiger partial charge is 0.253 e. The zero-order valence-corrected chi connectivity index (χ0v) is 17.2. The summed E-state index contributed by atoms with van der Waals surface area (Å²) in [5.74, 6) is -0.141. The number of rotatable bonds is 7. The molecule has 0 atom stereocenters. The molecule has 3 rings (SSSR count). The van der Waals surface area contributed by atoms with Crippen molar-refractivity contribution in [2.75, 3.05) is 13.1 Å². The Kier molecular flexibility index (Phi) is 6.48. The third-order valence-electron chi connectivity index (χ3n) is 4.47. The molecule has 2 heterocycles. The minimum absolute atomic E-state index is 0.0231. The van der Waals surface area contributed by atoms with Gasteiger partial charge < -0.3 is 10.2 Å². The van der Waals surface area contributed by atoms with Gasteiger partial charge in [0.2, 0.25) is 15.9 Å². The molecule has 150 valence electrons. The van der Waals surface area contributed by atoms with Gasteiger partial charge in [-0.05, 0) is 42.7 Å². The van der Waals surface area contributed by atoms with E-state index in [2.05, 4.69) is 10.0 Å². The molecule has 0 aliphatic carbocycles. The van der Waals surface area contributed by atoms with Gasteiger partial charge in [0, 0.05) is 37.0 Å². The first kappa shape index (κ1) is 20.5. The molecule has 1 aliphatic rings. The van der Waals surface area contributed by atoms with Crippen LogP contribution in [-0.4, -0.2) is 38.2 Å². The van der Waals surface area contributed by atoms with E-state index in [-0.39, 0.29) is 22.6 Å². The van der Waals surface area contributed by atoms with Crippen LogP contribution in [0.1, 0.15) is 40.6 Å². The minimum atomic E-state index is -3.64. The number of thiophene rings is 1. The van der Waals surface area contributed by atoms with Crippen molar-refractivity contribution in [3.05, 3.63) is 52.4 Å². The fourth-order valence-electron chi connectivity index (χ4n) is 2.93. The number of nitrogens with zero attached hydrogens (tertiary/aromatic N) is 1. The molecule has 2 amide bonds. The Morgan fingerprint density at radius 3 is 2.36 bits per heavy atom. The molecule has 9 heteroatoms. The maximum Gasteiger partial charge on any atom is 0.253 e. The largest absolute Gasteiger partial charge is 0.351 e. The molecule has 2 aromatic rings. The van der Waals surface area contributed by atoms with Crippen molar-refractivity contribution >= 4 is 33.2 Å². The SMILES string of the molecule is CC(=O)NCc1ccc(S(=O)(=O)NCc2ccc(C(=O)N3CCCC3)cc2)s1. The highest BCUT2D eigenvalue weighted by Crippen LogP contribution is 2.22. The van der Waals surface area contributed by atoms with Gasteiger partial charge in [-0.2, -0.15) is 0 Å². The van der Waals surface area contributed by atoms with Crippen molar-refractivity contribution in [1.29, 1.82) is 0 Å². The van der Waals surface area contributed by atoms with Crippen LogP contribution in [0, 0.1) is 0 Å². The molecular weight excluding hydrogens is 398 g/mol. The number of hydrogen-bond donors (Lipinski definition) is 2. The lowest BCUT2D eigenvalue weighted by Gasteiger charge is -2.15. The summed E-state index contributed by atoms with van der Waals surface area (Å²) in [6, 6.07) is 10.2. The predicted molar refractivity (Wildman–Crippen MR) is 107 cm³/mol. The lowest BCUT2D eigenvalue weighted by Crippen LogP contribution is -2.27. The van der Waals surface area contributed by atoms with Gasteiger partial charge in [-0.25, -0.2) is 13.1 Å². The van der Waals surface area contributed by atoms with Crippen molar-refractivity contribution in [2.45, 2.75) is 37.1 Å². The van der Waals surface area contributed by atoms with Crippen molar-refractivity contribution in [3.8, 4) is 0 Å². The van der Waals surface area contributed by atoms with Crippen LogP contribution >= 0.6 is 11.3 Å². The van der Waals surface area contributed by atoms with Gasteiger partial charge in [-0.3, -0.25) is 9.59 Å². The first-order valence-electron chi connectivity index (χ1n) is 9.06. The monoisotopic (exact) mass is 421 g/mol. The van der Waals surface area contributed by atoms with Gasteiger partial charge in [0.25, 0.3) is 5.91 Å². The average Bonchev–Trinajstić information content (AvgIpc) is 3.37. The zero-order valence-electron chi connectivity index (χ0n) is 15.6. The number of hydrogen-bond acceptors (Lipinski definition) is 5. The normalized spacial score (nSPS) is 14.2. The fraction of sp³-hybridized carbons (Fsp3) is 0.368. The van der Waals surface area contributed by atoms with Gasteiger partial charge in [0.1, 0.15) is 4.21 Å². The summed E-state index contributed by atoms with van der Waals surface area (Å²) in [5, 5.41) is 2.64. The van der Waals surface area contributed by atoms with Crippen LogP contribution in [0.15, 0.2) is 40.6 Å². The standard InChI is InChI=1S/C19H23N3O4S2/c1-14(23)20-13-17-8-9-18(27-17)28(25,26)21-12-15-4-6-16(7-5-15)19(24)22-10-2-3-11-22/h4-9,21H,2-3,10-13H2,1H3,(H,20,23). The minimum Gasteiger partial charge on any atom is -0.351 e. The van der Waals surface area contributed by atoms with Gasteiger partial charge in [0.05, 0.1) is 6.54 Å². The summed E-state index contributed by atoms with van der Waals surface area (Å²) in [6.07, 6.45) is 2.09. The maximum absolute atomic E-state index is 12.5. The van der Waals surface area contributed by atoms with Crippen LogP contribution in [0.2, 0.25) is 0 Å². The summed E-state index contributed by atoms with van der Waals surface area (Å²) in [4.78, 5) is 25.9. The van der Waals surface area contributed by atoms with Crippen LogP contribution in [0.5, 0.6) is 0 Å². The first-order valence-corrected chi connectivity index (χ1v) is 11.4. The lowest BCUT2D eigenvalue weighted by atomic mass is 10.1. The van der Waals surface area contributed by atoms with Gasteiger partial charge >= 0.3 is 0 Å². The molecule has 1 saturated heterocycles. The highest BCUT2D eigenvalue weighted by molar-refractivity contribution is 7.91. The quantitative estimate of drug-likeness (QED) is 0.716. The molecule has 1 aliphatic heterocycles. The number of benzene rings is 1. The van der Waals surface area contributed by atoms with E-state index >= 15 is 0 Å². The van der Waals surface area contributed by atoms with Crippen molar-refractivity contribution in [1.82, 2.24) is 14.9 Å². The number of likely N-dealkylation sites (tertiary alicyclic amines) is 1. The van der Waals surface area contributed by atoms with Crippen LogP contribution in [0.4, 0.5) is 0 Å². The third-order valence-corrected chi connectivity index (χ3v) is 7.45. The molecule has 1 aromatic carbocycles. The third kappa shape index (κ3) is 5.18. The number of amides is 2. The molecule has 28 heavy (non-hydrogen) atoms. The second kappa shape index (κ2) is 8.85. The van der Waals surface area contributed by atoms with Crippen molar-refractivity contribution < 1.29 is 18.0 Å². The van der Waals surface area contributed by atoms with Crippen LogP contribution in [0.25, 0.3) is 0 Å². The molecular formula is C19H23N3O4S2. The second-order valence-electron chi connectivity index (χ2n) is 6.65. The predicted octanol–water partition coefficient (Wildman–Crippen LogP) is 2.10. The first-order chi connectivity index (χ1) is 13.3. The highest BCUT2D eigenvalue weighted by atomic mass is 32.2. The molecule has 1 fully saturated rings. The Balaban J connectivity index is 1.58. The van der Waals surface area contributed by atoms with Crippen LogP contribution in [-0.2, 0) is 27.9 Å². The summed E-state index contributed by atoms with van der Waals surface area (Å²) in [5.41, 5.74) is 1.39. The Labute approximate surface area is 168 Å². The van der Waals surface area contributed by atoms with Crippen molar-refractivity contribution in [2.24, 2.45) is 0 Å². The lowest BCUT2D eigenvalue weighted by molar-refractivity contribution is -0.119. The number of carbonyl (C=O) groups is 2. The van der Waals surface area contributed by atoms with Crippen molar-refractivity contribution in [3.63, 3.8) is 0 Å². The summed E-state index contributed by atoms with van der Waals surface area (Å²) in [7, 11) is -3.64. The van der Waals surface area contributed by atoms with Gasteiger partial charge in [-0.15, -0.1) is 11.3 Å². The Hall–Kier alpha value is -2.23. The van der Waals surface area contributed by atoms with E-state index in [0.717, 1.165) is 47.7 Å². The van der Waals surface area contributed by atoms with E-state index in [9.17, 15) is 18.0 Å². The fourth-order valence-corrected chi connectivity index (χ4v) is 5.28. The maximum atomic E-state index is 12.5. The van der Waals surface area contributed by atoms with E-state index in [1.54, 1.807) is 30.3 Å². The van der Waals surface area contributed by atoms with E-state index < -0.39 is 10.0 Å². The van der Waals surface area contributed by atoms with Gasteiger partial charge in [0.15, 0.2) is 0 Å². The van der Waals surface area contributed by atoms with E-state index in [1.165, 1.54) is 13.0 Å². The topological polar surface area (TPSA) is 95.6 Å². The summed E-state index contributed by atoms with van der Waals surface area (Å²) in [6.45, 7) is 3.45. The average molecular weight is 422 g/mol. The van der Waals surface area contributed by atoms with E-state index in [1.807, 2.05) is 4.90 Å². The molecule has 2 N–H and O–H groups in total. The van der Waals surface area contributed by atoms with Gasteiger partial charge in [-0.1, -0.05) is 12.1 Å². The molecule has 0 unspecified atom stereocenters. The molecule has 1 aromatic heterocycles. The van der Waals surface area contributed by atoms with Crippen LogP contribution < -0.4 is 10.0 Å². The van der Waals surface area contributed by atoms with E-state index in [0.29, 0.717) is 12.1 Å². The zero-order chi connectivity index (χ0) is 20.1.